The average molecular weight is 601 g/mol. The molecule has 10 heteroatoms. The van der Waals surface area contributed by atoms with Crippen LogP contribution in [-0.2, 0) is 12.1 Å². The van der Waals surface area contributed by atoms with Crippen LogP contribution in [0.4, 0.5) is 13.2 Å². The van der Waals surface area contributed by atoms with Crippen molar-refractivity contribution in [2.24, 2.45) is 5.92 Å². The van der Waals surface area contributed by atoms with Crippen molar-refractivity contribution in [2.45, 2.75) is 38.8 Å². The number of aromatic nitrogens is 2. The zero-order chi connectivity index (χ0) is 31.3. The highest BCUT2D eigenvalue weighted by Crippen LogP contribution is 2.47. The molecule has 1 atom stereocenters. The van der Waals surface area contributed by atoms with Gasteiger partial charge in [-0.3, -0.25) is 14.3 Å². The molecule has 1 saturated carbocycles. The zero-order valence-corrected chi connectivity index (χ0v) is 24.7. The minimum absolute atomic E-state index is 0.0197. The van der Waals surface area contributed by atoms with Gasteiger partial charge in [-0.2, -0.15) is 5.10 Å². The summed E-state index contributed by atoms with van der Waals surface area (Å²) in [5.41, 5.74) is 2.72. The Bertz CT molecular complexity index is 1820. The quantitative estimate of drug-likeness (QED) is 0.257. The van der Waals surface area contributed by atoms with E-state index in [1.807, 2.05) is 13.8 Å². The first-order valence-electron chi connectivity index (χ1n) is 14.3. The lowest BCUT2D eigenvalue weighted by molar-refractivity contribution is 0.0926. The Balaban J connectivity index is 1.45. The molecule has 0 radical (unpaired) electrons. The topological polar surface area (TPSA) is 85.2 Å². The van der Waals surface area contributed by atoms with Gasteiger partial charge in [-0.05, 0) is 85.0 Å². The number of carbonyl (C=O) groups excluding carboxylic acids is 2. The number of hydrogen-bond donors (Lipinski definition) is 2. The summed E-state index contributed by atoms with van der Waals surface area (Å²) in [7, 11) is 2.91. The molecular formula is C34H31F3N4O3. The van der Waals surface area contributed by atoms with Crippen LogP contribution in [0.25, 0.3) is 22.7 Å². The van der Waals surface area contributed by atoms with Crippen LogP contribution in [0.3, 0.4) is 0 Å². The van der Waals surface area contributed by atoms with Gasteiger partial charge in [0.2, 0.25) is 0 Å². The number of amides is 2. The number of halogens is 3. The molecule has 1 fully saturated rings. The summed E-state index contributed by atoms with van der Waals surface area (Å²) >= 11 is 0. The summed E-state index contributed by atoms with van der Waals surface area (Å²) in [6.07, 6.45) is 1.40. The van der Waals surface area contributed by atoms with Crippen LogP contribution >= 0.6 is 0 Å². The Kier molecular flexibility index (Phi) is 7.31. The molecular weight excluding hydrogens is 569 g/mol. The van der Waals surface area contributed by atoms with E-state index >= 15 is 4.39 Å². The molecule has 7 nitrogen and oxygen atoms in total. The number of carbonyl (C=O) groups is 2. The maximum absolute atomic E-state index is 16.8. The molecule has 2 heterocycles. The summed E-state index contributed by atoms with van der Waals surface area (Å²) in [6, 6.07) is 14.9. The Morgan fingerprint density at radius 2 is 1.61 bits per heavy atom. The van der Waals surface area contributed by atoms with Crippen molar-refractivity contribution in [3.8, 4) is 17.0 Å². The highest BCUT2D eigenvalue weighted by Gasteiger charge is 2.46. The fourth-order valence-corrected chi connectivity index (χ4v) is 6.03. The number of nitrogens with zero attached hydrogens (tertiary/aromatic N) is 2. The van der Waals surface area contributed by atoms with Crippen molar-refractivity contribution in [3.05, 3.63) is 106 Å². The fourth-order valence-electron chi connectivity index (χ4n) is 6.03. The zero-order valence-electron chi connectivity index (χ0n) is 24.7. The molecule has 1 aliphatic carbocycles. The number of aryl methyl sites for hydroxylation is 1. The molecule has 44 heavy (non-hydrogen) atoms. The lowest BCUT2D eigenvalue weighted by Gasteiger charge is -2.26. The minimum atomic E-state index is -0.632. The molecule has 1 aromatic heterocycles. The SMILES string of the molecule is CNC(=O)c1c(-c2ccc(F)cc2)nn2c1C(F)=C(c1cc(C(=O)NC3(c4ccc(F)cc4)CC3)c(OC)cc1C)C(C)C2. The molecule has 4 aromatic rings. The molecule has 2 amide bonds. The Hall–Kier alpha value is -4.86. The van der Waals surface area contributed by atoms with Gasteiger partial charge in [0, 0.05) is 30.6 Å². The molecule has 0 bridgehead atoms. The van der Waals surface area contributed by atoms with E-state index in [9.17, 15) is 18.4 Å². The fraction of sp³-hybridized carbons (Fsp3) is 0.265. The predicted octanol–water partition coefficient (Wildman–Crippen LogP) is 6.41. The van der Waals surface area contributed by atoms with Gasteiger partial charge < -0.3 is 15.4 Å². The van der Waals surface area contributed by atoms with Gasteiger partial charge in [-0.15, -0.1) is 0 Å². The number of hydrogen-bond acceptors (Lipinski definition) is 4. The number of benzene rings is 3. The number of fused-ring (bicyclic) bond motifs is 1. The second-order valence-electron chi connectivity index (χ2n) is 11.4. The van der Waals surface area contributed by atoms with Crippen molar-refractivity contribution < 1.29 is 27.5 Å². The number of rotatable bonds is 7. The van der Waals surface area contributed by atoms with Gasteiger partial charge in [-0.25, -0.2) is 13.2 Å². The van der Waals surface area contributed by atoms with E-state index in [0.29, 0.717) is 40.9 Å². The molecule has 3 aromatic carbocycles. The van der Waals surface area contributed by atoms with Crippen LogP contribution in [0.15, 0.2) is 60.7 Å². The Morgan fingerprint density at radius 3 is 2.20 bits per heavy atom. The van der Waals surface area contributed by atoms with Gasteiger partial charge in [0.15, 0.2) is 5.83 Å². The van der Waals surface area contributed by atoms with Crippen LogP contribution < -0.4 is 15.4 Å². The van der Waals surface area contributed by atoms with Gasteiger partial charge in [0.25, 0.3) is 11.8 Å². The molecule has 6 rings (SSSR count). The molecule has 1 unspecified atom stereocenters. The molecule has 0 spiro atoms. The van der Waals surface area contributed by atoms with Gasteiger partial charge >= 0.3 is 0 Å². The number of methoxy groups -OCH3 is 1. The smallest absolute Gasteiger partial charge is 0.255 e. The molecule has 226 valence electrons. The van der Waals surface area contributed by atoms with Gasteiger partial charge in [0.05, 0.1) is 23.8 Å². The summed E-state index contributed by atoms with van der Waals surface area (Å²) in [5.74, 6) is -2.41. The summed E-state index contributed by atoms with van der Waals surface area (Å²) in [4.78, 5) is 26.9. The van der Waals surface area contributed by atoms with E-state index in [1.165, 1.54) is 55.2 Å². The summed E-state index contributed by atoms with van der Waals surface area (Å²) < 4.78 is 51.0. The molecule has 2 aliphatic rings. The van der Waals surface area contributed by atoms with Crippen molar-refractivity contribution in [1.29, 1.82) is 0 Å². The Labute approximate surface area is 252 Å². The van der Waals surface area contributed by atoms with Gasteiger partial charge in [0.1, 0.15) is 28.8 Å². The maximum atomic E-state index is 16.8. The van der Waals surface area contributed by atoms with Crippen LogP contribution in [0.1, 0.15) is 62.9 Å². The van der Waals surface area contributed by atoms with E-state index in [-0.39, 0.29) is 40.8 Å². The van der Waals surface area contributed by atoms with Crippen LogP contribution in [0, 0.1) is 24.5 Å². The molecule has 0 saturated heterocycles. The first kappa shape index (κ1) is 29.2. The minimum Gasteiger partial charge on any atom is -0.496 e. The highest BCUT2D eigenvalue weighted by atomic mass is 19.1. The molecule has 1 aliphatic heterocycles. The largest absolute Gasteiger partial charge is 0.496 e. The third kappa shape index (κ3) is 4.94. The highest BCUT2D eigenvalue weighted by molar-refractivity contribution is 6.06. The van der Waals surface area contributed by atoms with Crippen molar-refractivity contribution in [1.82, 2.24) is 20.4 Å². The summed E-state index contributed by atoms with van der Waals surface area (Å²) in [5, 5.41) is 10.2. The first-order chi connectivity index (χ1) is 21.1. The summed E-state index contributed by atoms with van der Waals surface area (Å²) in [6.45, 7) is 3.93. The maximum Gasteiger partial charge on any atom is 0.255 e. The van der Waals surface area contributed by atoms with Gasteiger partial charge in [-0.1, -0.05) is 19.1 Å². The van der Waals surface area contributed by atoms with Crippen LogP contribution in [-0.4, -0.2) is 35.8 Å². The standard InChI is InChI=1S/C34H31F3N4O3/c1-18-15-26(44-4)25(32(42)39-34(13-14-34)21-7-11-23(36)12-8-21)16-24(18)27-19(2)17-41-31(29(27)37)28(33(43)38-3)30(40-41)20-5-9-22(35)10-6-20/h5-12,15-16,19H,13-14,17H2,1-4H3,(H,38,43)(H,39,42). The second-order valence-corrected chi connectivity index (χ2v) is 11.4. The monoisotopic (exact) mass is 600 g/mol. The van der Waals surface area contributed by atoms with Crippen molar-refractivity contribution in [2.75, 3.05) is 14.2 Å². The van der Waals surface area contributed by atoms with Crippen LogP contribution in [0.5, 0.6) is 5.75 Å². The second kappa shape index (κ2) is 11.0. The van der Waals surface area contributed by atoms with E-state index < -0.39 is 29.0 Å². The number of nitrogens with one attached hydrogen (secondary N) is 2. The normalized spacial score (nSPS) is 16.8. The van der Waals surface area contributed by atoms with E-state index in [0.717, 1.165) is 5.56 Å². The first-order valence-corrected chi connectivity index (χ1v) is 14.3. The van der Waals surface area contributed by atoms with Crippen molar-refractivity contribution in [3.63, 3.8) is 0 Å². The third-order valence-corrected chi connectivity index (χ3v) is 8.49. The van der Waals surface area contributed by atoms with E-state index in [1.54, 1.807) is 24.3 Å². The predicted molar refractivity (Wildman–Crippen MR) is 161 cm³/mol. The lowest BCUT2D eigenvalue weighted by atomic mass is 9.85. The van der Waals surface area contributed by atoms with E-state index in [4.69, 9.17) is 4.74 Å². The van der Waals surface area contributed by atoms with E-state index in [2.05, 4.69) is 15.7 Å². The molecule has 2 N–H and O–H groups in total. The third-order valence-electron chi connectivity index (χ3n) is 8.49. The number of allylic oxidation sites excluding steroid dienone is 1. The van der Waals surface area contributed by atoms with Crippen LogP contribution in [0.2, 0.25) is 0 Å². The Morgan fingerprint density at radius 1 is 0.977 bits per heavy atom. The average Bonchev–Trinajstić information content (AvgIpc) is 3.69. The number of ether oxygens (including phenoxy) is 1. The lowest BCUT2D eigenvalue weighted by Crippen LogP contribution is -2.35. The van der Waals surface area contributed by atoms with Crippen molar-refractivity contribution >= 4 is 23.2 Å².